The number of carbonyl (C=O) groups is 2. The highest BCUT2D eigenvalue weighted by Gasteiger charge is 2.39. The van der Waals surface area contributed by atoms with Gasteiger partial charge in [-0.1, -0.05) is 0 Å². The van der Waals surface area contributed by atoms with Gasteiger partial charge in [0.05, 0.1) is 33.4 Å². The van der Waals surface area contributed by atoms with Gasteiger partial charge in [0.15, 0.2) is 0 Å². The van der Waals surface area contributed by atoms with Crippen molar-refractivity contribution in [1.82, 2.24) is 0 Å². The van der Waals surface area contributed by atoms with E-state index in [-0.39, 0.29) is 36.4 Å². The molecular formula is C18H6F12O3. The molecule has 0 saturated carbocycles. The summed E-state index contributed by atoms with van der Waals surface area (Å²) in [7, 11) is 0. The molecule has 0 bridgehead atoms. The molecule has 0 heterocycles. The van der Waals surface area contributed by atoms with Crippen molar-refractivity contribution in [2.24, 2.45) is 0 Å². The number of carbonyl (C=O) groups excluding carboxylic acids is 2. The maximum absolute atomic E-state index is 12.8. The van der Waals surface area contributed by atoms with Crippen LogP contribution in [0.4, 0.5) is 52.7 Å². The second-order valence-corrected chi connectivity index (χ2v) is 6.27. The molecule has 0 amide bonds. The molecule has 0 atom stereocenters. The Balaban J connectivity index is 2.49. The predicted molar refractivity (Wildman–Crippen MR) is 82.6 cm³/mol. The third kappa shape index (κ3) is 6.38. The SMILES string of the molecule is O=C(OC(=O)c1cc(C(F)(F)F)cc(C(F)(F)F)c1)c1cc(C(F)(F)F)cc(C(F)(F)F)c1. The van der Waals surface area contributed by atoms with Crippen molar-refractivity contribution in [3.63, 3.8) is 0 Å². The van der Waals surface area contributed by atoms with Gasteiger partial charge in [0.2, 0.25) is 0 Å². The van der Waals surface area contributed by atoms with Gasteiger partial charge in [0.25, 0.3) is 0 Å². The fourth-order valence-corrected chi connectivity index (χ4v) is 2.35. The van der Waals surface area contributed by atoms with Gasteiger partial charge >= 0.3 is 36.6 Å². The molecule has 2 aromatic rings. The van der Waals surface area contributed by atoms with Gasteiger partial charge < -0.3 is 4.74 Å². The monoisotopic (exact) mass is 498 g/mol. The van der Waals surface area contributed by atoms with Gasteiger partial charge in [0, 0.05) is 0 Å². The molecule has 3 nitrogen and oxygen atoms in total. The van der Waals surface area contributed by atoms with Crippen LogP contribution in [0.25, 0.3) is 0 Å². The normalized spacial score (nSPS) is 13.1. The van der Waals surface area contributed by atoms with Gasteiger partial charge in [-0.25, -0.2) is 9.59 Å². The number of rotatable bonds is 2. The average molecular weight is 498 g/mol. The lowest BCUT2D eigenvalue weighted by atomic mass is 10.0. The highest BCUT2D eigenvalue weighted by atomic mass is 19.4. The zero-order chi connectivity index (χ0) is 25.6. The van der Waals surface area contributed by atoms with E-state index in [1.807, 2.05) is 0 Å². The van der Waals surface area contributed by atoms with E-state index in [1.165, 1.54) is 0 Å². The van der Waals surface area contributed by atoms with E-state index in [0.29, 0.717) is 0 Å². The number of alkyl halides is 12. The highest BCUT2D eigenvalue weighted by Crippen LogP contribution is 2.38. The summed E-state index contributed by atoms with van der Waals surface area (Å²) in [5.74, 6) is -4.36. The highest BCUT2D eigenvalue weighted by molar-refractivity contribution is 6.03. The molecule has 0 aromatic heterocycles. The molecule has 0 radical (unpaired) electrons. The standard InChI is InChI=1S/C18H6F12O3/c19-15(20,21)9-1-7(2-10(5-9)16(22,23)24)13(31)33-14(32)8-3-11(17(25,26)27)6-12(4-8)18(28,29)30/h1-6H. The molecule has 15 heteroatoms. The average Bonchev–Trinajstić information content (AvgIpc) is 2.64. The Hall–Kier alpha value is -3.26. The number of halogens is 12. The van der Waals surface area contributed by atoms with Crippen LogP contribution in [0.2, 0.25) is 0 Å². The second-order valence-electron chi connectivity index (χ2n) is 6.27. The second kappa shape index (κ2) is 8.26. The minimum absolute atomic E-state index is 0.141. The Morgan fingerprint density at radius 2 is 0.667 bits per heavy atom. The lowest BCUT2D eigenvalue weighted by Gasteiger charge is -2.14. The molecule has 0 N–H and O–H groups in total. The fourth-order valence-electron chi connectivity index (χ4n) is 2.35. The zero-order valence-electron chi connectivity index (χ0n) is 15.2. The summed E-state index contributed by atoms with van der Waals surface area (Å²) in [6.07, 6.45) is -21.5. The van der Waals surface area contributed by atoms with E-state index in [1.54, 1.807) is 0 Å². The van der Waals surface area contributed by atoms with Gasteiger partial charge in [-0.2, -0.15) is 52.7 Å². The summed E-state index contributed by atoms with van der Waals surface area (Å²) >= 11 is 0. The van der Waals surface area contributed by atoms with Crippen LogP contribution >= 0.6 is 0 Å². The van der Waals surface area contributed by atoms with E-state index >= 15 is 0 Å². The molecule has 0 aliphatic heterocycles. The summed E-state index contributed by atoms with van der Waals surface area (Å²) in [5.41, 5.74) is -10.9. The first-order chi connectivity index (χ1) is 14.7. The molecule has 0 aliphatic rings. The Morgan fingerprint density at radius 3 is 0.848 bits per heavy atom. The van der Waals surface area contributed by atoms with Crippen LogP contribution in [0.15, 0.2) is 36.4 Å². The lowest BCUT2D eigenvalue weighted by molar-refractivity contribution is -0.144. The van der Waals surface area contributed by atoms with E-state index < -0.39 is 70.0 Å². The van der Waals surface area contributed by atoms with Crippen molar-refractivity contribution in [3.8, 4) is 0 Å². The smallest absolute Gasteiger partial charge is 0.386 e. The third-order valence-corrected chi connectivity index (χ3v) is 3.83. The van der Waals surface area contributed by atoms with Crippen molar-refractivity contribution in [2.75, 3.05) is 0 Å². The predicted octanol–water partition coefficient (Wildman–Crippen LogP) is 6.76. The van der Waals surface area contributed by atoms with Gasteiger partial charge in [-0.05, 0) is 36.4 Å². The molecule has 33 heavy (non-hydrogen) atoms. The Kier molecular flexibility index (Phi) is 6.51. The van der Waals surface area contributed by atoms with Crippen molar-refractivity contribution in [3.05, 3.63) is 69.8 Å². The van der Waals surface area contributed by atoms with Crippen molar-refractivity contribution in [1.29, 1.82) is 0 Å². The van der Waals surface area contributed by atoms with E-state index in [0.717, 1.165) is 0 Å². The van der Waals surface area contributed by atoms with Crippen LogP contribution in [0.5, 0.6) is 0 Å². The van der Waals surface area contributed by atoms with Crippen molar-refractivity contribution >= 4 is 11.9 Å². The van der Waals surface area contributed by atoms with E-state index in [4.69, 9.17) is 0 Å². The number of ether oxygens (including phenoxy) is 1. The van der Waals surface area contributed by atoms with Crippen LogP contribution in [-0.2, 0) is 29.4 Å². The Labute approximate surface area is 174 Å². The molecule has 180 valence electrons. The first-order valence-corrected chi connectivity index (χ1v) is 8.05. The minimum Gasteiger partial charge on any atom is -0.386 e. The van der Waals surface area contributed by atoms with Crippen molar-refractivity contribution < 1.29 is 67.0 Å². The van der Waals surface area contributed by atoms with E-state index in [2.05, 4.69) is 4.74 Å². The van der Waals surface area contributed by atoms with Crippen LogP contribution < -0.4 is 0 Å². The molecule has 0 aliphatic carbocycles. The summed E-state index contributed by atoms with van der Waals surface area (Å²) < 4.78 is 158. The van der Waals surface area contributed by atoms with Gasteiger partial charge in [-0.15, -0.1) is 0 Å². The Morgan fingerprint density at radius 1 is 0.455 bits per heavy atom. The number of hydrogen-bond acceptors (Lipinski definition) is 3. The number of esters is 2. The summed E-state index contributed by atoms with van der Waals surface area (Å²) in [6, 6.07) is -1.28. The number of benzene rings is 2. The molecule has 0 saturated heterocycles. The van der Waals surface area contributed by atoms with Crippen LogP contribution in [0.1, 0.15) is 43.0 Å². The quantitative estimate of drug-likeness (QED) is 0.261. The third-order valence-electron chi connectivity index (χ3n) is 3.83. The minimum atomic E-state index is -5.39. The Bertz CT molecular complexity index is 925. The van der Waals surface area contributed by atoms with E-state index in [9.17, 15) is 62.3 Å². The lowest BCUT2D eigenvalue weighted by Crippen LogP contribution is -2.18. The first kappa shape index (κ1) is 26.0. The molecular weight excluding hydrogens is 492 g/mol. The topological polar surface area (TPSA) is 43.4 Å². The number of hydrogen-bond donors (Lipinski definition) is 0. The summed E-state index contributed by atoms with van der Waals surface area (Å²) in [6.45, 7) is 0. The molecule has 0 fully saturated rings. The molecule has 2 aromatic carbocycles. The first-order valence-electron chi connectivity index (χ1n) is 8.05. The van der Waals surface area contributed by atoms with Gasteiger partial charge in [-0.3, -0.25) is 0 Å². The maximum Gasteiger partial charge on any atom is 0.416 e. The van der Waals surface area contributed by atoms with Crippen LogP contribution in [0, 0.1) is 0 Å². The van der Waals surface area contributed by atoms with Crippen LogP contribution in [-0.4, -0.2) is 11.9 Å². The van der Waals surface area contributed by atoms with Crippen LogP contribution in [0.3, 0.4) is 0 Å². The van der Waals surface area contributed by atoms with Crippen molar-refractivity contribution in [2.45, 2.75) is 24.7 Å². The molecule has 0 spiro atoms. The fraction of sp³-hybridized carbons (Fsp3) is 0.222. The summed E-state index contributed by atoms with van der Waals surface area (Å²) in [5, 5.41) is 0. The van der Waals surface area contributed by atoms with Gasteiger partial charge in [0.1, 0.15) is 0 Å². The largest absolute Gasteiger partial charge is 0.416 e. The summed E-state index contributed by atoms with van der Waals surface area (Å²) in [4.78, 5) is 23.9. The maximum atomic E-state index is 12.8. The molecule has 2 rings (SSSR count). The molecule has 0 unspecified atom stereocenters. The zero-order valence-corrected chi connectivity index (χ0v) is 15.2.